The lowest BCUT2D eigenvalue weighted by molar-refractivity contribution is -0.139. The number of hydrogen-bond donors (Lipinski definition) is 2. The van der Waals surface area contributed by atoms with E-state index < -0.39 is 17.9 Å². The fourth-order valence-electron chi connectivity index (χ4n) is 2.49. The van der Waals surface area contributed by atoms with E-state index in [0.717, 1.165) is 18.5 Å². The number of carboxylic acid groups (broad SMARTS) is 1. The number of amides is 1. The Morgan fingerprint density at radius 1 is 1.29 bits per heavy atom. The van der Waals surface area contributed by atoms with Gasteiger partial charge in [-0.2, -0.15) is 5.10 Å². The van der Waals surface area contributed by atoms with Crippen molar-refractivity contribution in [3.63, 3.8) is 0 Å². The number of aryl methyl sites for hydroxylation is 1. The van der Waals surface area contributed by atoms with Gasteiger partial charge < -0.3 is 10.4 Å². The summed E-state index contributed by atoms with van der Waals surface area (Å²) in [6.45, 7) is 1.79. The number of halogens is 2. The van der Waals surface area contributed by atoms with Gasteiger partial charge in [0.1, 0.15) is 6.04 Å². The number of benzene rings is 1. The van der Waals surface area contributed by atoms with E-state index in [0.29, 0.717) is 15.7 Å². The van der Waals surface area contributed by atoms with Crippen molar-refractivity contribution in [1.29, 1.82) is 0 Å². The molecule has 1 heterocycles. The Morgan fingerprint density at radius 3 is 2.58 bits per heavy atom. The lowest BCUT2D eigenvalue weighted by Gasteiger charge is -2.12. The average Bonchev–Trinajstić information content (AvgIpc) is 3.29. The summed E-state index contributed by atoms with van der Waals surface area (Å²) in [4.78, 5) is 23.6. The highest BCUT2D eigenvalue weighted by Crippen LogP contribution is 2.33. The van der Waals surface area contributed by atoms with E-state index in [1.807, 2.05) is 0 Å². The second-order valence-corrected chi connectivity index (χ2v) is 6.62. The zero-order chi connectivity index (χ0) is 17.4. The molecule has 8 heteroatoms. The molecule has 6 nitrogen and oxygen atoms in total. The van der Waals surface area contributed by atoms with E-state index in [2.05, 4.69) is 10.4 Å². The van der Waals surface area contributed by atoms with Gasteiger partial charge in [0.25, 0.3) is 5.91 Å². The van der Waals surface area contributed by atoms with Crippen LogP contribution in [-0.2, 0) is 4.79 Å². The van der Waals surface area contributed by atoms with Crippen molar-refractivity contribution >= 4 is 35.1 Å². The molecule has 24 heavy (non-hydrogen) atoms. The van der Waals surface area contributed by atoms with Crippen molar-refractivity contribution in [2.45, 2.75) is 25.8 Å². The maximum Gasteiger partial charge on any atom is 0.326 e. The number of hydrogen-bond acceptors (Lipinski definition) is 3. The van der Waals surface area contributed by atoms with Crippen molar-refractivity contribution in [3.8, 4) is 5.69 Å². The predicted molar refractivity (Wildman–Crippen MR) is 89.9 cm³/mol. The van der Waals surface area contributed by atoms with Gasteiger partial charge in [0.2, 0.25) is 0 Å². The maximum atomic E-state index is 12.3. The summed E-state index contributed by atoms with van der Waals surface area (Å²) in [7, 11) is 0. The third-order valence-electron chi connectivity index (χ3n) is 3.91. The van der Waals surface area contributed by atoms with Crippen LogP contribution in [0, 0.1) is 12.8 Å². The molecule has 1 aromatic heterocycles. The standard InChI is InChI=1S/C16H15Cl2N3O3/c1-8-6-13(15(22)19-14(16(23)24)9-2-3-9)20-21(8)10-4-5-11(17)12(18)7-10/h4-7,9,14H,2-3H2,1H3,(H,19,22)(H,23,24). The lowest BCUT2D eigenvalue weighted by Crippen LogP contribution is -2.42. The molecule has 2 N–H and O–H groups in total. The summed E-state index contributed by atoms with van der Waals surface area (Å²) in [5.74, 6) is -1.52. The number of rotatable bonds is 5. The molecule has 126 valence electrons. The molecular formula is C16H15Cl2N3O3. The van der Waals surface area contributed by atoms with Crippen LogP contribution >= 0.6 is 23.2 Å². The zero-order valence-electron chi connectivity index (χ0n) is 12.8. The first-order valence-corrected chi connectivity index (χ1v) is 8.18. The molecule has 1 unspecified atom stereocenters. The topological polar surface area (TPSA) is 84.2 Å². The molecule has 1 amide bonds. The summed E-state index contributed by atoms with van der Waals surface area (Å²) in [5.41, 5.74) is 1.54. The van der Waals surface area contributed by atoms with E-state index in [4.69, 9.17) is 23.2 Å². The Morgan fingerprint density at radius 2 is 2.00 bits per heavy atom. The van der Waals surface area contributed by atoms with E-state index in [-0.39, 0.29) is 11.6 Å². The average molecular weight is 368 g/mol. The molecule has 1 aliphatic carbocycles. The largest absolute Gasteiger partial charge is 0.480 e. The molecule has 0 radical (unpaired) electrons. The summed E-state index contributed by atoms with van der Waals surface area (Å²) in [6, 6.07) is 5.76. The van der Waals surface area contributed by atoms with Gasteiger partial charge in [-0.25, -0.2) is 9.48 Å². The van der Waals surface area contributed by atoms with Gasteiger partial charge in [-0.15, -0.1) is 0 Å². The Labute approximate surface area is 148 Å². The van der Waals surface area contributed by atoms with Crippen LogP contribution in [0.5, 0.6) is 0 Å². The van der Waals surface area contributed by atoms with Gasteiger partial charge in [-0.1, -0.05) is 23.2 Å². The Hall–Kier alpha value is -2.05. The number of aliphatic carboxylic acids is 1. The first-order chi connectivity index (χ1) is 11.4. The molecule has 1 aromatic carbocycles. The van der Waals surface area contributed by atoms with E-state index >= 15 is 0 Å². The van der Waals surface area contributed by atoms with Crippen LogP contribution in [0.1, 0.15) is 29.0 Å². The van der Waals surface area contributed by atoms with Gasteiger partial charge in [-0.3, -0.25) is 4.79 Å². The summed E-state index contributed by atoms with van der Waals surface area (Å²) >= 11 is 11.9. The normalized spacial score (nSPS) is 15.1. The van der Waals surface area contributed by atoms with E-state index in [1.54, 1.807) is 35.9 Å². The lowest BCUT2D eigenvalue weighted by atomic mass is 10.2. The second kappa shape index (κ2) is 6.45. The highest BCUT2D eigenvalue weighted by molar-refractivity contribution is 6.42. The Bertz CT molecular complexity index is 815. The minimum Gasteiger partial charge on any atom is -0.480 e. The number of aromatic nitrogens is 2. The van der Waals surface area contributed by atoms with Crippen molar-refractivity contribution in [2.75, 3.05) is 0 Å². The van der Waals surface area contributed by atoms with Crippen LogP contribution in [0.25, 0.3) is 5.69 Å². The predicted octanol–water partition coefficient (Wildman–Crippen LogP) is 3.08. The SMILES string of the molecule is Cc1cc(C(=O)NC(C(=O)O)C2CC2)nn1-c1ccc(Cl)c(Cl)c1. The number of nitrogens with one attached hydrogen (secondary N) is 1. The van der Waals surface area contributed by atoms with Gasteiger partial charge >= 0.3 is 5.97 Å². The van der Waals surface area contributed by atoms with Gasteiger partial charge in [0, 0.05) is 5.69 Å². The quantitative estimate of drug-likeness (QED) is 0.850. The number of carbonyl (C=O) groups excluding carboxylic acids is 1. The summed E-state index contributed by atoms with van der Waals surface area (Å²) < 4.78 is 1.56. The van der Waals surface area contributed by atoms with E-state index in [9.17, 15) is 14.7 Å². The molecule has 1 saturated carbocycles. The van der Waals surface area contributed by atoms with Gasteiger partial charge in [0.05, 0.1) is 15.7 Å². The zero-order valence-corrected chi connectivity index (χ0v) is 14.3. The molecule has 0 spiro atoms. The van der Waals surface area contributed by atoms with Crippen LogP contribution in [0.15, 0.2) is 24.3 Å². The van der Waals surface area contributed by atoms with Crippen LogP contribution < -0.4 is 5.32 Å². The Kier molecular flexibility index (Phi) is 4.51. The molecule has 0 saturated heterocycles. The molecule has 3 rings (SSSR count). The second-order valence-electron chi connectivity index (χ2n) is 5.81. The van der Waals surface area contributed by atoms with Crippen LogP contribution in [0.3, 0.4) is 0 Å². The van der Waals surface area contributed by atoms with Crippen LogP contribution in [0.4, 0.5) is 0 Å². The van der Waals surface area contributed by atoms with Crippen LogP contribution in [0.2, 0.25) is 10.0 Å². The third-order valence-corrected chi connectivity index (χ3v) is 4.65. The first kappa shape index (κ1) is 16.8. The fraction of sp³-hybridized carbons (Fsp3) is 0.312. The monoisotopic (exact) mass is 367 g/mol. The van der Waals surface area contributed by atoms with Crippen molar-refractivity contribution in [1.82, 2.24) is 15.1 Å². The van der Waals surface area contributed by atoms with Gasteiger partial charge in [-0.05, 0) is 49.9 Å². The minimum absolute atomic E-state index is 0.00436. The summed E-state index contributed by atoms with van der Waals surface area (Å²) in [6.07, 6.45) is 1.63. The number of nitrogens with zero attached hydrogens (tertiary/aromatic N) is 2. The molecule has 2 aromatic rings. The minimum atomic E-state index is -1.02. The number of carboxylic acids is 1. The Balaban J connectivity index is 1.83. The third kappa shape index (κ3) is 3.39. The molecule has 0 aliphatic heterocycles. The van der Waals surface area contributed by atoms with E-state index in [1.165, 1.54) is 0 Å². The molecule has 1 atom stereocenters. The molecule has 1 aliphatic rings. The smallest absolute Gasteiger partial charge is 0.326 e. The van der Waals surface area contributed by atoms with Crippen molar-refractivity contribution in [2.24, 2.45) is 5.92 Å². The van der Waals surface area contributed by atoms with Gasteiger partial charge in [0.15, 0.2) is 5.69 Å². The maximum absolute atomic E-state index is 12.3. The molecule has 1 fully saturated rings. The first-order valence-electron chi connectivity index (χ1n) is 7.42. The van der Waals surface area contributed by atoms with Crippen LogP contribution in [-0.4, -0.2) is 32.8 Å². The summed E-state index contributed by atoms with van der Waals surface area (Å²) in [5, 5.41) is 16.8. The highest BCUT2D eigenvalue weighted by atomic mass is 35.5. The fourth-order valence-corrected chi connectivity index (χ4v) is 2.78. The molecular weight excluding hydrogens is 353 g/mol. The number of carbonyl (C=O) groups is 2. The highest BCUT2D eigenvalue weighted by Gasteiger charge is 2.37. The molecule has 0 bridgehead atoms. The van der Waals surface area contributed by atoms with Crippen molar-refractivity contribution in [3.05, 3.63) is 45.7 Å². The van der Waals surface area contributed by atoms with Crippen molar-refractivity contribution < 1.29 is 14.7 Å².